The van der Waals surface area contributed by atoms with Gasteiger partial charge in [-0.05, 0) is 49.9 Å². The fourth-order valence-corrected chi connectivity index (χ4v) is 2.05. The Hall–Kier alpha value is -1.22. The Balaban J connectivity index is 1.56. The third-order valence-electron chi connectivity index (χ3n) is 3.27. The van der Waals surface area contributed by atoms with Crippen LogP contribution in [0.1, 0.15) is 25.7 Å². The van der Waals surface area contributed by atoms with Gasteiger partial charge in [-0.25, -0.2) is 0 Å². The summed E-state index contributed by atoms with van der Waals surface area (Å²) in [5, 5.41) is 0.715. The van der Waals surface area contributed by atoms with E-state index in [1.54, 1.807) is 0 Å². The van der Waals surface area contributed by atoms with Gasteiger partial charge in [0.05, 0.1) is 6.61 Å². The highest BCUT2D eigenvalue weighted by Crippen LogP contribution is 2.30. The Labute approximate surface area is 119 Å². The first-order chi connectivity index (χ1) is 9.16. The molecular formula is C15H20ClNO2. The van der Waals surface area contributed by atoms with Gasteiger partial charge >= 0.3 is 0 Å². The zero-order valence-electron chi connectivity index (χ0n) is 11.3. The van der Waals surface area contributed by atoms with Gasteiger partial charge in [-0.3, -0.25) is 4.79 Å². The number of benzene rings is 1. The molecule has 1 aromatic rings. The molecule has 0 saturated heterocycles. The number of unbranched alkanes of at least 4 members (excludes halogenated alkanes) is 1. The lowest BCUT2D eigenvalue weighted by Gasteiger charge is -2.16. The maximum absolute atomic E-state index is 11.7. The molecular weight excluding hydrogens is 262 g/mol. The molecule has 0 bridgehead atoms. The number of hydrogen-bond donors (Lipinski definition) is 0. The van der Waals surface area contributed by atoms with Crippen LogP contribution < -0.4 is 4.74 Å². The molecule has 0 aliphatic heterocycles. The van der Waals surface area contributed by atoms with Gasteiger partial charge < -0.3 is 9.64 Å². The third kappa shape index (κ3) is 4.75. The van der Waals surface area contributed by atoms with E-state index in [0.29, 0.717) is 23.5 Å². The van der Waals surface area contributed by atoms with Crippen molar-refractivity contribution < 1.29 is 9.53 Å². The average Bonchev–Trinajstić information content (AvgIpc) is 3.24. The monoisotopic (exact) mass is 281 g/mol. The van der Waals surface area contributed by atoms with Crippen LogP contribution in [0, 0.1) is 5.92 Å². The summed E-state index contributed by atoms with van der Waals surface area (Å²) in [5.41, 5.74) is 0. The number of ether oxygens (including phenoxy) is 1. The van der Waals surface area contributed by atoms with E-state index in [-0.39, 0.29) is 0 Å². The van der Waals surface area contributed by atoms with Crippen molar-refractivity contribution in [1.82, 2.24) is 4.90 Å². The minimum atomic E-state index is 0.304. The van der Waals surface area contributed by atoms with Crippen molar-refractivity contribution in [2.75, 3.05) is 20.2 Å². The minimum absolute atomic E-state index is 0.304. The number of carbonyl (C=O) groups is 1. The van der Waals surface area contributed by atoms with Crippen LogP contribution in [0.15, 0.2) is 24.3 Å². The predicted octanol–water partition coefficient (Wildman–Crippen LogP) is 3.37. The van der Waals surface area contributed by atoms with E-state index in [9.17, 15) is 4.79 Å². The van der Waals surface area contributed by atoms with Crippen LogP contribution in [-0.2, 0) is 4.79 Å². The first kappa shape index (κ1) is 14.2. The molecule has 1 aliphatic carbocycles. The van der Waals surface area contributed by atoms with Gasteiger partial charge in [0.1, 0.15) is 5.75 Å². The molecule has 4 heteroatoms. The summed E-state index contributed by atoms with van der Waals surface area (Å²) in [6.07, 6.45) is 4.07. The van der Waals surface area contributed by atoms with Crippen LogP contribution in [0.5, 0.6) is 5.75 Å². The van der Waals surface area contributed by atoms with Crippen molar-refractivity contribution in [3.63, 3.8) is 0 Å². The summed E-state index contributed by atoms with van der Waals surface area (Å²) in [5.74, 6) is 1.46. The zero-order valence-corrected chi connectivity index (χ0v) is 12.0. The summed E-state index contributed by atoms with van der Waals surface area (Å²) < 4.78 is 5.60. The molecule has 1 aliphatic rings. The van der Waals surface area contributed by atoms with Crippen molar-refractivity contribution >= 4 is 17.5 Å². The van der Waals surface area contributed by atoms with Crippen LogP contribution in [0.2, 0.25) is 5.02 Å². The lowest BCUT2D eigenvalue weighted by molar-refractivity contribution is -0.131. The highest BCUT2D eigenvalue weighted by atomic mass is 35.5. The molecule has 104 valence electrons. The molecule has 0 N–H and O–H groups in total. The number of halogens is 1. The predicted molar refractivity (Wildman–Crippen MR) is 76.5 cm³/mol. The number of amides is 1. The van der Waals surface area contributed by atoms with E-state index in [2.05, 4.69) is 0 Å². The van der Waals surface area contributed by atoms with Gasteiger partial charge in [0.25, 0.3) is 0 Å². The highest BCUT2D eigenvalue weighted by molar-refractivity contribution is 6.30. The fourth-order valence-electron chi connectivity index (χ4n) is 1.92. The van der Waals surface area contributed by atoms with E-state index in [4.69, 9.17) is 16.3 Å². The summed E-state index contributed by atoms with van der Waals surface area (Å²) in [7, 11) is 1.89. The Morgan fingerprint density at radius 1 is 1.32 bits per heavy atom. The maximum Gasteiger partial charge on any atom is 0.225 e. The van der Waals surface area contributed by atoms with Crippen LogP contribution in [0.4, 0.5) is 0 Å². The maximum atomic E-state index is 11.7. The standard InChI is InChI=1S/C15H20ClNO2/c1-17(15(18)12-4-5-12)10-2-3-11-19-14-8-6-13(16)7-9-14/h6-9,12H,2-5,10-11H2,1H3. The first-order valence-electron chi connectivity index (χ1n) is 6.80. The average molecular weight is 282 g/mol. The number of hydrogen-bond acceptors (Lipinski definition) is 2. The van der Waals surface area contributed by atoms with Crippen molar-refractivity contribution in [3.05, 3.63) is 29.3 Å². The molecule has 19 heavy (non-hydrogen) atoms. The van der Waals surface area contributed by atoms with Crippen molar-refractivity contribution in [2.24, 2.45) is 5.92 Å². The molecule has 0 heterocycles. The van der Waals surface area contributed by atoms with E-state index >= 15 is 0 Å². The third-order valence-corrected chi connectivity index (χ3v) is 3.53. The molecule has 1 fully saturated rings. The van der Waals surface area contributed by atoms with E-state index in [1.807, 2.05) is 36.2 Å². The normalized spacial score (nSPS) is 14.2. The molecule has 1 aromatic carbocycles. The molecule has 1 saturated carbocycles. The second kappa shape index (κ2) is 6.80. The number of nitrogens with zero attached hydrogens (tertiary/aromatic N) is 1. The van der Waals surface area contributed by atoms with Gasteiger partial charge in [-0.2, -0.15) is 0 Å². The molecule has 2 rings (SSSR count). The Bertz CT molecular complexity index is 415. The Kier molecular flexibility index (Phi) is 5.08. The summed E-state index contributed by atoms with van der Waals surface area (Å²) in [6, 6.07) is 7.37. The minimum Gasteiger partial charge on any atom is -0.494 e. The van der Waals surface area contributed by atoms with E-state index in [1.165, 1.54) is 0 Å². The Morgan fingerprint density at radius 3 is 2.63 bits per heavy atom. The van der Waals surface area contributed by atoms with Crippen LogP contribution in [0.3, 0.4) is 0 Å². The van der Waals surface area contributed by atoms with Gasteiger partial charge in [0.15, 0.2) is 0 Å². The van der Waals surface area contributed by atoms with E-state index in [0.717, 1.165) is 38.0 Å². The van der Waals surface area contributed by atoms with Gasteiger partial charge in [0.2, 0.25) is 5.91 Å². The molecule has 0 aromatic heterocycles. The largest absolute Gasteiger partial charge is 0.494 e. The number of rotatable bonds is 7. The molecule has 0 atom stereocenters. The first-order valence-corrected chi connectivity index (χ1v) is 7.18. The van der Waals surface area contributed by atoms with Crippen molar-refractivity contribution in [2.45, 2.75) is 25.7 Å². The van der Waals surface area contributed by atoms with Gasteiger partial charge in [-0.1, -0.05) is 11.6 Å². The Morgan fingerprint density at radius 2 is 2.00 bits per heavy atom. The molecule has 0 spiro atoms. The summed E-state index contributed by atoms with van der Waals surface area (Å²) in [6.45, 7) is 1.49. The van der Waals surface area contributed by atoms with Crippen LogP contribution in [-0.4, -0.2) is 31.0 Å². The second-order valence-corrected chi connectivity index (χ2v) is 5.48. The quantitative estimate of drug-likeness (QED) is 0.717. The second-order valence-electron chi connectivity index (χ2n) is 5.04. The lowest BCUT2D eigenvalue weighted by atomic mass is 10.3. The van der Waals surface area contributed by atoms with Gasteiger partial charge in [0, 0.05) is 24.5 Å². The van der Waals surface area contributed by atoms with Crippen LogP contribution in [0.25, 0.3) is 0 Å². The summed E-state index contributed by atoms with van der Waals surface area (Å²) >= 11 is 5.80. The zero-order chi connectivity index (χ0) is 13.7. The van der Waals surface area contributed by atoms with Gasteiger partial charge in [-0.15, -0.1) is 0 Å². The molecule has 1 amide bonds. The van der Waals surface area contributed by atoms with E-state index < -0.39 is 0 Å². The topological polar surface area (TPSA) is 29.5 Å². The fraction of sp³-hybridized carbons (Fsp3) is 0.533. The summed E-state index contributed by atoms with van der Waals surface area (Å²) in [4.78, 5) is 13.6. The molecule has 0 radical (unpaired) electrons. The van der Waals surface area contributed by atoms with Crippen molar-refractivity contribution in [1.29, 1.82) is 0 Å². The molecule has 0 unspecified atom stereocenters. The smallest absolute Gasteiger partial charge is 0.225 e. The molecule has 3 nitrogen and oxygen atoms in total. The van der Waals surface area contributed by atoms with Crippen molar-refractivity contribution in [3.8, 4) is 5.75 Å². The highest BCUT2D eigenvalue weighted by Gasteiger charge is 2.31. The lowest BCUT2D eigenvalue weighted by Crippen LogP contribution is -2.29. The SMILES string of the molecule is CN(CCCCOc1ccc(Cl)cc1)C(=O)C1CC1. The van der Waals surface area contributed by atoms with Crippen LogP contribution >= 0.6 is 11.6 Å². The number of carbonyl (C=O) groups excluding carboxylic acids is 1.